The lowest BCUT2D eigenvalue weighted by molar-refractivity contribution is -0.138. The van der Waals surface area contributed by atoms with Gasteiger partial charge in [-0.1, -0.05) is 0 Å². The van der Waals surface area contributed by atoms with Crippen LogP contribution in [0.2, 0.25) is 0 Å². The van der Waals surface area contributed by atoms with E-state index < -0.39 is 16.7 Å². The molecule has 0 aromatic carbocycles. The molecule has 0 saturated carbocycles. The van der Waals surface area contributed by atoms with Gasteiger partial charge < -0.3 is 14.3 Å². The predicted octanol–water partition coefficient (Wildman–Crippen LogP) is 2.16. The average molecular weight is 258 g/mol. The van der Waals surface area contributed by atoms with Gasteiger partial charge in [0.25, 0.3) is 0 Å². The Balaban J connectivity index is 2.74. The SMILES string of the molecule is COC(=O)c1ccoc1CSC(C)(C)C(=O)O. The van der Waals surface area contributed by atoms with Gasteiger partial charge in [0.05, 0.1) is 19.1 Å². The van der Waals surface area contributed by atoms with E-state index in [2.05, 4.69) is 4.74 Å². The molecule has 0 aliphatic heterocycles. The molecule has 1 aromatic rings. The Bertz CT molecular complexity index is 421. The molecule has 1 rings (SSSR count). The van der Waals surface area contributed by atoms with Crippen molar-refractivity contribution in [1.82, 2.24) is 0 Å². The molecule has 0 aliphatic rings. The standard InChI is InChI=1S/C11H14O5S/c1-11(2,10(13)14)17-6-8-7(4-5-16-8)9(12)15-3/h4-5H,6H2,1-3H3,(H,13,14). The predicted molar refractivity (Wildman–Crippen MR) is 63.1 cm³/mol. The molecule has 0 atom stereocenters. The van der Waals surface area contributed by atoms with E-state index in [0.717, 1.165) is 0 Å². The number of rotatable bonds is 5. The fourth-order valence-corrected chi connectivity index (χ4v) is 1.89. The van der Waals surface area contributed by atoms with Crippen molar-refractivity contribution >= 4 is 23.7 Å². The van der Waals surface area contributed by atoms with Crippen molar-refractivity contribution in [3.8, 4) is 0 Å². The third-order valence-electron chi connectivity index (χ3n) is 2.23. The fourth-order valence-electron chi connectivity index (χ4n) is 1.05. The van der Waals surface area contributed by atoms with Crippen LogP contribution < -0.4 is 0 Å². The first kappa shape index (κ1) is 13.6. The van der Waals surface area contributed by atoms with Gasteiger partial charge in [-0.15, -0.1) is 11.8 Å². The number of carbonyl (C=O) groups is 2. The lowest BCUT2D eigenvalue weighted by Gasteiger charge is -2.17. The van der Waals surface area contributed by atoms with Crippen molar-refractivity contribution < 1.29 is 23.8 Å². The van der Waals surface area contributed by atoms with Crippen LogP contribution in [0.15, 0.2) is 16.7 Å². The van der Waals surface area contributed by atoms with Crippen molar-refractivity contribution in [2.24, 2.45) is 0 Å². The second-order valence-corrected chi connectivity index (χ2v) is 5.45. The van der Waals surface area contributed by atoms with E-state index in [1.165, 1.54) is 31.2 Å². The normalized spacial score (nSPS) is 11.2. The number of carboxylic acids is 1. The van der Waals surface area contributed by atoms with Crippen LogP contribution in [0.4, 0.5) is 0 Å². The van der Waals surface area contributed by atoms with Gasteiger partial charge in [-0.2, -0.15) is 0 Å². The first-order chi connectivity index (χ1) is 7.88. The molecule has 1 aromatic heterocycles. The van der Waals surface area contributed by atoms with Gasteiger partial charge in [-0.05, 0) is 19.9 Å². The minimum absolute atomic E-state index is 0.302. The molecule has 1 N–H and O–H groups in total. The smallest absolute Gasteiger partial charge is 0.341 e. The van der Waals surface area contributed by atoms with Gasteiger partial charge in [0.1, 0.15) is 16.1 Å². The van der Waals surface area contributed by atoms with Crippen molar-refractivity contribution in [3.05, 3.63) is 23.7 Å². The van der Waals surface area contributed by atoms with Gasteiger partial charge in [-0.25, -0.2) is 4.79 Å². The van der Waals surface area contributed by atoms with Gasteiger partial charge in [0.2, 0.25) is 0 Å². The molecule has 0 amide bonds. The molecule has 0 radical (unpaired) electrons. The minimum Gasteiger partial charge on any atom is -0.480 e. The number of esters is 1. The van der Waals surface area contributed by atoms with E-state index in [1.807, 2.05) is 0 Å². The van der Waals surface area contributed by atoms with E-state index in [9.17, 15) is 9.59 Å². The molecule has 94 valence electrons. The van der Waals surface area contributed by atoms with E-state index in [4.69, 9.17) is 9.52 Å². The Morgan fingerprint density at radius 1 is 1.53 bits per heavy atom. The van der Waals surface area contributed by atoms with Crippen LogP contribution in [0.5, 0.6) is 0 Å². The third-order valence-corrected chi connectivity index (χ3v) is 3.53. The summed E-state index contributed by atoms with van der Waals surface area (Å²) in [5.41, 5.74) is 0.334. The van der Waals surface area contributed by atoms with Gasteiger partial charge in [0, 0.05) is 0 Å². The molecule has 0 bridgehead atoms. The highest BCUT2D eigenvalue weighted by molar-refractivity contribution is 8.00. The van der Waals surface area contributed by atoms with Crippen LogP contribution in [0.3, 0.4) is 0 Å². The number of aliphatic carboxylic acids is 1. The maximum Gasteiger partial charge on any atom is 0.341 e. The Morgan fingerprint density at radius 2 is 2.18 bits per heavy atom. The fraction of sp³-hybridized carbons (Fsp3) is 0.455. The highest BCUT2D eigenvalue weighted by atomic mass is 32.2. The molecule has 0 saturated heterocycles. The summed E-state index contributed by atoms with van der Waals surface area (Å²) in [6, 6.07) is 1.51. The summed E-state index contributed by atoms with van der Waals surface area (Å²) in [6.07, 6.45) is 1.38. The number of hydrogen-bond acceptors (Lipinski definition) is 5. The number of carbonyl (C=O) groups excluding carboxylic acids is 1. The highest BCUT2D eigenvalue weighted by Gasteiger charge is 2.29. The zero-order valence-corrected chi connectivity index (χ0v) is 10.7. The molecular formula is C11H14O5S. The molecule has 6 heteroatoms. The van der Waals surface area contributed by atoms with Crippen LogP contribution in [0, 0.1) is 0 Å². The summed E-state index contributed by atoms with van der Waals surface area (Å²) in [4.78, 5) is 22.3. The molecule has 1 heterocycles. The van der Waals surface area contributed by atoms with Gasteiger partial charge in [-0.3, -0.25) is 4.79 Å². The van der Waals surface area contributed by atoms with Crippen LogP contribution >= 0.6 is 11.8 Å². The third kappa shape index (κ3) is 3.26. The van der Waals surface area contributed by atoms with Crippen molar-refractivity contribution in [2.45, 2.75) is 24.3 Å². The molecule has 0 fully saturated rings. The molecule has 17 heavy (non-hydrogen) atoms. The van der Waals surface area contributed by atoms with Gasteiger partial charge in [0.15, 0.2) is 0 Å². The van der Waals surface area contributed by atoms with Crippen LogP contribution in [0.1, 0.15) is 30.0 Å². The Morgan fingerprint density at radius 3 is 2.71 bits per heavy atom. The van der Waals surface area contributed by atoms with Crippen LogP contribution in [0.25, 0.3) is 0 Å². The number of hydrogen-bond donors (Lipinski definition) is 1. The van der Waals surface area contributed by atoms with Crippen LogP contribution in [-0.2, 0) is 15.3 Å². The summed E-state index contributed by atoms with van der Waals surface area (Å²) in [5, 5.41) is 8.95. The summed E-state index contributed by atoms with van der Waals surface area (Å²) in [6.45, 7) is 3.20. The topological polar surface area (TPSA) is 76.7 Å². The van der Waals surface area contributed by atoms with Crippen LogP contribution in [-0.4, -0.2) is 28.9 Å². The number of carboxylic acid groups (broad SMARTS) is 1. The number of furan rings is 1. The van der Waals surface area contributed by atoms with E-state index in [1.54, 1.807) is 13.8 Å². The van der Waals surface area contributed by atoms with Crippen molar-refractivity contribution in [1.29, 1.82) is 0 Å². The maximum absolute atomic E-state index is 11.3. The largest absolute Gasteiger partial charge is 0.480 e. The first-order valence-electron chi connectivity index (χ1n) is 4.90. The van der Waals surface area contributed by atoms with E-state index in [-0.39, 0.29) is 0 Å². The average Bonchev–Trinajstić information content (AvgIpc) is 2.73. The zero-order chi connectivity index (χ0) is 13.1. The number of ether oxygens (including phenoxy) is 1. The highest BCUT2D eigenvalue weighted by Crippen LogP contribution is 2.29. The zero-order valence-electron chi connectivity index (χ0n) is 9.85. The van der Waals surface area contributed by atoms with E-state index in [0.29, 0.717) is 17.1 Å². The summed E-state index contributed by atoms with van der Waals surface area (Å²) < 4.78 is 8.81. The molecule has 5 nitrogen and oxygen atoms in total. The summed E-state index contributed by atoms with van der Waals surface area (Å²) in [5.74, 6) is -0.663. The first-order valence-corrected chi connectivity index (χ1v) is 5.89. The van der Waals surface area contributed by atoms with Crippen molar-refractivity contribution in [2.75, 3.05) is 7.11 Å². The lowest BCUT2D eigenvalue weighted by Crippen LogP contribution is -2.27. The molecule has 0 spiro atoms. The monoisotopic (exact) mass is 258 g/mol. The lowest BCUT2D eigenvalue weighted by atomic mass is 10.2. The summed E-state index contributed by atoms with van der Waals surface area (Å²) in [7, 11) is 1.29. The molecular weight excluding hydrogens is 244 g/mol. The number of thioether (sulfide) groups is 1. The summed E-state index contributed by atoms with van der Waals surface area (Å²) >= 11 is 1.19. The minimum atomic E-state index is -0.930. The van der Waals surface area contributed by atoms with E-state index >= 15 is 0 Å². The quantitative estimate of drug-likeness (QED) is 0.815. The maximum atomic E-state index is 11.3. The Labute approximate surface area is 103 Å². The Hall–Kier alpha value is -1.43. The molecule has 0 unspecified atom stereocenters. The van der Waals surface area contributed by atoms with Crippen molar-refractivity contribution in [3.63, 3.8) is 0 Å². The molecule has 0 aliphatic carbocycles. The second kappa shape index (κ2) is 5.27. The van der Waals surface area contributed by atoms with Gasteiger partial charge >= 0.3 is 11.9 Å². The Kier molecular flexibility index (Phi) is 4.22. The number of methoxy groups -OCH3 is 1. The second-order valence-electron chi connectivity index (χ2n) is 3.85.